The molecule has 0 saturated carbocycles. The van der Waals surface area contributed by atoms with Crippen LogP contribution in [0.5, 0.6) is 5.75 Å². The van der Waals surface area contributed by atoms with Crippen LogP contribution in [0.25, 0.3) is 0 Å². The smallest absolute Gasteiger partial charge is 0.119 e. The minimum Gasteiger partial charge on any atom is -0.497 e. The fourth-order valence-electron chi connectivity index (χ4n) is 2.04. The summed E-state index contributed by atoms with van der Waals surface area (Å²) in [5.41, 5.74) is 3.94. The number of ether oxygens (including phenoxy) is 1. The zero-order valence-electron chi connectivity index (χ0n) is 10.6. The monoisotopic (exact) mass is 226 g/mol. The van der Waals surface area contributed by atoms with Gasteiger partial charge in [0.05, 0.1) is 7.11 Å². The molecule has 0 aromatic heterocycles. The van der Waals surface area contributed by atoms with Crippen LogP contribution >= 0.6 is 0 Å². The molecule has 1 nitrogen and oxygen atoms in total. The second kappa shape index (κ2) is 5.05. The quantitative estimate of drug-likeness (QED) is 0.763. The summed E-state index contributed by atoms with van der Waals surface area (Å²) in [5, 5.41) is 0. The lowest BCUT2D eigenvalue weighted by molar-refractivity contribution is 0.414. The average molecular weight is 226 g/mol. The highest BCUT2D eigenvalue weighted by molar-refractivity contribution is 5.37. The summed E-state index contributed by atoms with van der Waals surface area (Å²) in [4.78, 5) is 0. The van der Waals surface area contributed by atoms with E-state index in [2.05, 4.69) is 50.2 Å². The molecule has 0 fully saturated rings. The molecule has 2 aromatic rings. The van der Waals surface area contributed by atoms with Crippen molar-refractivity contribution in [1.82, 2.24) is 0 Å². The van der Waals surface area contributed by atoms with Gasteiger partial charge in [0.2, 0.25) is 0 Å². The van der Waals surface area contributed by atoms with Gasteiger partial charge in [-0.1, -0.05) is 48.9 Å². The highest BCUT2D eigenvalue weighted by Gasteiger charge is 2.08. The van der Waals surface area contributed by atoms with E-state index in [4.69, 9.17) is 4.74 Å². The lowest BCUT2D eigenvalue weighted by Crippen LogP contribution is -1.97. The highest BCUT2D eigenvalue weighted by Crippen LogP contribution is 2.27. The first-order valence-corrected chi connectivity index (χ1v) is 5.91. The van der Waals surface area contributed by atoms with Crippen LogP contribution in [0.3, 0.4) is 0 Å². The van der Waals surface area contributed by atoms with Gasteiger partial charge in [0.1, 0.15) is 5.75 Å². The molecule has 1 heteroatoms. The summed E-state index contributed by atoms with van der Waals surface area (Å²) < 4.78 is 5.26. The summed E-state index contributed by atoms with van der Waals surface area (Å²) >= 11 is 0. The van der Waals surface area contributed by atoms with E-state index in [1.807, 2.05) is 12.1 Å². The van der Waals surface area contributed by atoms with E-state index in [0.717, 1.165) is 5.75 Å². The van der Waals surface area contributed by atoms with E-state index in [0.29, 0.717) is 5.92 Å². The van der Waals surface area contributed by atoms with Gasteiger partial charge in [0.25, 0.3) is 0 Å². The minimum absolute atomic E-state index is 0.394. The first-order valence-electron chi connectivity index (χ1n) is 5.91. The van der Waals surface area contributed by atoms with Crippen molar-refractivity contribution in [3.05, 3.63) is 65.2 Å². The maximum atomic E-state index is 5.26. The van der Waals surface area contributed by atoms with Gasteiger partial charge in [0, 0.05) is 5.92 Å². The lowest BCUT2D eigenvalue weighted by atomic mass is 9.92. The van der Waals surface area contributed by atoms with Gasteiger partial charge in [-0.3, -0.25) is 0 Å². The second-order valence-electron chi connectivity index (χ2n) is 4.41. The van der Waals surface area contributed by atoms with Crippen LogP contribution in [0.15, 0.2) is 48.5 Å². The molecule has 0 spiro atoms. The number of aryl methyl sites for hydroxylation is 1. The summed E-state index contributed by atoms with van der Waals surface area (Å²) in [6.45, 7) is 4.35. The Morgan fingerprint density at radius 3 is 2.24 bits per heavy atom. The summed E-state index contributed by atoms with van der Waals surface area (Å²) in [5.74, 6) is 1.31. The Balaban J connectivity index is 2.33. The fourth-order valence-corrected chi connectivity index (χ4v) is 2.04. The predicted molar refractivity (Wildman–Crippen MR) is 71.7 cm³/mol. The van der Waals surface area contributed by atoms with Crippen molar-refractivity contribution in [3.63, 3.8) is 0 Å². The molecule has 0 radical (unpaired) electrons. The maximum Gasteiger partial charge on any atom is 0.119 e. The molecular weight excluding hydrogens is 208 g/mol. The normalized spacial score (nSPS) is 12.2. The Morgan fingerprint density at radius 1 is 0.941 bits per heavy atom. The number of rotatable bonds is 3. The third kappa shape index (κ3) is 2.68. The molecule has 0 N–H and O–H groups in total. The number of benzene rings is 2. The molecule has 1 unspecified atom stereocenters. The average Bonchev–Trinajstić information content (AvgIpc) is 2.38. The van der Waals surface area contributed by atoms with Crippen molar-refractivity contribution in [2.45, 2.75) is 19.8 Å². The molecule has 0 aliphatic rings. The van der Waals surface area contributed by atoms with Gasteiger partial charge in [-0.15, -0.1) is 0 Å². The van der Waals surface area contributed by atoms with Gasteiger partial charge in [0.15, 0.2) is 0 Å². The van der Waals surface area contributed by atoms with Crippen molar-refractivity contribution in [2.24, 2.45) is 0 Å². The zero-order chi connectivity index (χ0) is 12.3. The van der Waals surface area contributed by atoms with Crippen LogP contribution in [0.4, 0.5) is 0 Å². The second-order valence-corrected chi connectivity index (χ2v) is 4.41. The molecule has 0 saturated heterocycles. The van der Waals surface area contributed by atoms with Gasteiger partial charge in [-0.2, -0.15) is 0 Å². The van der Waals surface area contributed by atoms with Crippen LogP contribution < -0.4 is 4.74 Å². The highest BCUT2D eigenvalue weighted by atomic mass is 16.5. The zero-order valence-corrected chi connectivity index (χ0v) is 10.6. The van der Waals surface area contributed by atoms with E-state index in [-0.39, 0.29) is 0 Å². The number of hydrogen-bond acceptors (Lipinski definition) is 1. The standard InChI is InChI=1S/C16H18O/c1-12-6-4-7-14(10-12)13(2)15-8-5-9-16(11-15)17-3/h4-11,13H,1-3H3. The van der Waals surface area contributed by atoms with E-state index in [9.17, 15) is 0 Å². The van der Waals surface area contributed by atoms with Gasteiger partial charge >= 0.3 is 0 Å². The van der Waals surface area contributed by atoms with Crippen molar-refractivity contribution >= 4 is 0 Å². The Morgan fingerprint density at radius 2 is 1.59 bits per heavy atom. The fraction of sp³-hybridized carbons (Fsp3) is 0.250. The molecule has 88 valence electrons. The Bertz CT molecular complexity index is 502. The number of hydrogen-bond donors (Lipinski definition) is 0. The largest absolute Gasteiger partial charge is 0.497 e. The Labute approximate surface area is 103 Å². The summed E-state index contributed by atoms with van der Waals surface area (Å²) in [6, 6.07) is 16.9. The first kappa shape index (κ1) is 11.7. The third-order valence-corrected chi connectivity index (χ3v) is 3.14. The summed E-state index contributed by atoms with van der Waals surface area (Å²) in [7, 11) is 1.70. The molecule has 0 heterocycles. The molecule has 2 aromatic carbocycles. The van der Waals surface area contributed by atoms with E-state index >= 15 is 0 Å². The van der Waals surface area contributed by atoms with Crippen LogP contribution in [-0.4, -0.2) is 7.11 Å². The van der Waals surface area contributed by atoms with Crippen LogP contribution in [0.1, 0.15) is 29.5 Å². The minimum atomic E-state index is 0.394. The van der Waals surface area contributed by atoms with E-state index < -0.39 is 0 Å². The Kier molecular flexibility index (Phi) is 3.48. The topological polar surface area (TPSA) is 9.23 Å². The molecular formula is C16H18O. The Hall–Kier alpha value is -1.76. The molecule has 0 aliphatic heterocycles. The van der Waals surface area contributed by atoms with E-state index in [1.165, 1.54) is 16.7 Å². The van der Waals surface area contributed by atoms with Crippen LogP contribution in [0.2, 0.25) is 0 Å². The van der Waals surface area contributed by atoms with Crippen LogP contribution in [0, 0.1) is 6.92 Å². The molecule has 0 bridgehead atoms. The molecule has 2 rings (SSSR count). The predicted octanol–water partition coefficient (Wildman–Crippen LogP) is 4.16. The molecule has 17 heavy (non-hydrogen) atoms. The van der Waals surface area contributed by atoms with Crippen molar-refractivity contribution in [1.29, 1.82) is 0 Å². The first-order chi connectivity index (χ1) is 8.20. The van der Waals surface area contributed by atoms with Crippen LogP contribution in [-0.2, 0) is 0 Å². The van der Waals surface area contributed by atoms with Crippen molar-refractivity contribution < 1.29 is 4.74 Å². The molecule has 1 atom stereocenters. The van der Waals surface area contributed by atoms with Gasteiger partial charge in [-0.25, -0.2) is 0 Å². The maximum absolute atomic E-state index is 5.26. The SMILES string of the molecule is COc1cccc(C(C)c2cccc(C)c2)c1. The van der Waals surface area contributed by atoms with E-state index in [1.54, 1.807) is 7.11 Å². The van der Waals surface area contributed by atoms with Gasteiger partial charge in [-0.05, 0) is 30.2 Å². The molecule has 0 aliphatic carbocycles. The number of methoxy groups -OCH3 is 1. The third-order valence-electron chi connectivity index (χ3n) is 3.14. The lowest BCUT2D eigenvalue weighted by Gasteiger charge is -2.14. The summed E-state index contributed by atoms with van der Waals surface area (Å²) in [6.07, 6.45) is 0. The van der Waals surface area contributed by atoms with Crippen molar-refractivity contribution in [2.75, 3.05) is 7.11 Å². The van der Waals surface area contributed by atoms with Crippen molar-refractivity contribution in [3.8, 4) is 5.75 Å². The molecule has 0 amide bonds. The van der Waals surface area contributed by atoms with Gasteiger partial charge < -0.3 is 4.74 Å².